The first-order valence-corrected chi connectivity index (χ1v) is 7.10. The van der Waals surface area contributed by atoms with Crippen molar-refractivity contribution in [3.63, 3.8) is 0 Å². The molecule has 3 heteroatoms. The fraction of sp³-hybridized carbons (Fsp3) is 0.471. The molecule has 0 bridgehead atoms. The summed E-state index contributed by atoms with van der Waals surface area (Å²) in [5, 5.41) is 9.56. The molecule has 1 heterocycles. The number of aryl methyl sites for hydroxylation is 1. The Balaban J connectivity index is 2.66. The monoisotopic (exact) mass is 273 g/mol. The van der Waals surface area contributed by atoms with E-state index in [1.165, 1.54) is 5.57 Å². The maximum absolute atomic E-state index is 11.6. The molecule has 1 unspecified atom stereocenters. The van der Waals surface area contributed by atoms with E-state index in [1.807, 2.05) is 18.7 Å². The number of carbonyl (C=O) groups is 1. The number of hydrogen-bond acceptors (Lipinski definition) is 2. The molecule has 0 aliphatic carbocycles. The van der Waals surface area contributed by atoms with Crippen molar-refractivity contribution in [3.8, 4) is 0 Å². The van der Waals surface area contributed by atoms with Gasteiger partial charge in [0.05, 0.1) is 5.54 Å². The zero-order chi connectivity index (χ0) is 15.1. The first kappa shape index (κ1) is 14.6. The third-order valence-electron chi connectivity index (χ3n) is 4.01. The molecular weight excluding hydrogens is 250 g/mol. The molecule has 1 aliphatic heterocycles. The summed E-state index contributed by atoms with van der Waals surface area (Å²) in [5.41, 5.74) is 4.23. The fourth-order valence-electron chi connectivity index (χ4n) is 3.20. The Bertz CT molecular complexity index is 572. The van der Waals surface area contributed by atoms with Crippen molar-refractivity contribution < 1.29 is 9.90 Å². The van der Waals surface area contributed by atoms with Crippen LogP contribution in [0.25, 0.3) is 5.57 Å². The highest BCUT2D eigenvalue weighted by Crippen LogP contribution is 2.41. The molecule has 20 heavy (non-hydrogen) atoms. The van der Waals surface area contributed by atoms with Crippen molar-refractivity contribution in [1.29, 1.82) is 0 Å². The van der Waals surface area contributed by atoms with E-state index in [-0.39, 0.29) is 5.54 Å². The molecule has 1 aromatic carbocycles. The highest BCUT2D eigenvalue weighted by Gasteiger charge is 2.38. The molecule has 0 saturated heterocycles. The van der Waals surface area contributed by atoms with Crippen LogP contribution in [0.15, 0.2) is 24.3 Å². The van der Waals surface area contributed by atoms with Gasteiger partial charge in [0.1, 0.15) is 6.04 Å². The Labute approximate surface area is 120 Å². The lowest BCUT2D eigenvalue weighted by molar-refractivity contribution is -0.139. The Morgan fingerprint density at radius 3 is 2.55 bits per heavy atom. The van der Waals surface area contributed by atoms with E-state index in [9.17, 15) is 9.90 Å². The second kappa shape index (κ2) is 4.97. The van der Waals surface area contributed by atoms with Crippen LogP contribution < -0.4 is 4.90 Å². The lowest BCUT2D eigenvalue weighted by atomic mass is 9.86. The molecule has 2 rings (SSSR count). The van der Waals surface area contributed by atoms with E-state index < -0.39 is 12.0 Å². The van der Waals surface area contributed by atoms with Crippen LogP contribution in [-0.2, 0) is 4.79 Å². The van der Waals surface area contributed by atoms with E-state index in [2.05, 4.69) is 45.0 Å². The van der Waals surface area contributed by atoms with Gasteiger partial charge in [-0.05, 0) is 51.3 Å². The minimum atomic E-state index is -0.763. The topological polar surface area (TPSA) is 40.5 Å². The predicted molar refractivity (Wildman–Crippen MR) is 83.1 cm³/mol. The van der Waals surface area contributed by atoms with Gasteiger partial charge < -0.3 is 10.0 Å². The molecule has 0 aromatic heterocycles. The average molecular weight is 273 g/mol. The highest BCUT2D eigenvalue weighted by molar-refractivity contribution is 5.87. The quantitative estimate of drug-likeness (QED) is 0.909. The summed E-state index contributed by atoms with van der Waals surface area (Å²) in [5.74, 6) is -0.763. The minimum Gasteiger partial charge on any atom is -0.480 e. The van der Waals surface area contributed by atoms with Gasteiger partial charge in [-0.2, -0.15) is 0 Å². The Hall–Kier alpha value is -1.77. The number of aliphatic carboxylic acids is 1. The van der Waals surface area contributed by atoms with Crippen molar-refractivity contribution in [2.45, 2.75) is 52.6 Å². The number of hydrogen-bond donors (Lipinski definition) is 1. The van der Waals surface area contributed by atoms with Crippen molar-refractivity contribution in [2.75, 3.05) is 4.90 Å². The Morgan fingerprint density at radius 1 is 1.35 bits per heavy atom. The van der Waals surface area contributed by atoms with Crippen molar-refractivity contribution in [1.82, 2.24) is 0 Å². The van der Waals surface area contributed by atoms with Gasteiger partial charge in [0, 0.05) is 11.3 Å². The molecule has 0 amide bonds. The number of allylic oxidation sites excluding steroid dienone is 1. The zero-order valence-electron chi connectivity index (χ0n) is 12.9. The first-order chi connectivity index (χ1) is 9.27. The second-order valence-corrected chi connectivity index (χ2v) is 6.13. The summed E-state index contributed by atoms with van der Waals surface area (Å²) in [4.78, 5) is 13.7. The van der Waals surface area contributed by atoms with Gasteiger partial charge in [0.25, 0.3) is 0 Å². The smallest absolute Gasteiger partial charge is 0.326 e. The summed E-state index contributed by atoms with van der Waals surface area (Å²) in [6, 6.07) is 5.76. The third-order valence-corrected chi connectivity index (χ3v) is 4.01. The summed E-state index contributed by atoms with van der Waals surface area (Å²) < 4.78 is 0. The van der Waals surface area contributed by atoms with E-state index in [0.717, 1.165) is 16.8 Å². The molecular formula is C17H23NO2. The van der Waals surface area contributed by atoms with Gasteiger partial charge in [-0.3, -0.25) is 0 Å². The van der Waals surface area contributed by atoms with Gasteiger partial charge in [-0.1, -0.05) is 25.1 Å². The molecule has 1 aromatic rings. The van der Waals surface area contributed by atoms with Crippen molar-refractivity contribution >= 4 is 17.2 Å². The first-order valence-electron chi connectivity index (χ1n) is 7.10. The van der Waals surface area contributed by atoms with Crippen LogP contribution in [0.3, 0.4) is 0 Å². The lowest BCUT2D eigenvalue weighted by Crippen LogP contribution is -2.54. The summed E-state index contributed by atoms with van der Waals surface area (Å²) in [6.45, 7) is 10.2. The molecule has 0 saturated carbocycles. The van der Waals surface area contributed by atoms with Gasteiger partial charge in [0.15, 0.2) is 0 Å². The standard InChI is InChI=1S/C17H23NO2/c1-6-14(16(19)20)18-15-9-11(2)7-8-13(15)12(3)10-17(18,4)5/h7-10,14H,6H2,1-5H3,(H,19,20). The van der Waals surface area contributed by atoms with E-state index in [4.69, 9.17) is 0 Å². The van der Waals surface area contributed by atoms with Gasteiger partial charge >= 0.3 is 5.97 Å². The number of benzene rings is 1. The zero-order valence-corrected chi connectivity index (χ0v) is 12.9. The predicted octanol–water partition coefficient (Wildman–Crippen LogP) is 3.86. The number of fused-ring (bicyclic) bond motifs is 1. The number of anilines is 1. The van der Waals surface area contributed by atoms with E-state index >= 15 is 0 Å². The summed E-state index contributed by atoms with van der Waals surface area (Å²) in [6.07, 6.45) is 2.75. The number of rotatable bonds is 3. The molecule has 108 valence electrons. The van der Waals surface area contributed by atoms with Gasteiger partial charge in [-0.25, -0.2) is 4.79 Å². The Kier molecular flexibility index (Phi) is 3.63. The SMILES string of the molecule is CCC(C(=O)O)N1c2cc(C)ccc2C(C)=CC1(C)C. The van der Waals surface area contributed by atoms with Crippen LogP contribution in [0.1, 0.15) is 45.2 Å². The molecule has 0 radical (unpaired) electrons. The molecule has 1 aliphatic rings. The average Bonchev–Trinajstić information content (AvgIpc) is 2.32. The maximum Gasteiger partial charge on any atom is 0.326 e. The van der Waals surface area contributed by atoms with E-state index in [0.29, 0.717) is 6.42 Å². The molecule has 1 atom stereocenters. The van der Waals surface area contributed by atoms with Gasteiger partial charge in [-0.15, -0.1) is 0 Å². The van der Waals surface area contributed by atoms with Crippen molar-refractivity contribution in [3.05, 3.63) is 35.4 Å². The largest absolute Gasteiger partial charge is 0.480 e. The van der Waals surface area contributed by atoms with Crippen LogP contribution in [0, 0.1) is 6.92 Å². The molecule has 0 spiro atoms. The lowest BCUT2D eigenvalue weighted by Gasteiger charge is -2.46. The molecule has 0 fully saturated rings. The molecule has 1 N–H and O–H groups in total. The van der Waals surface area contributed by atoms with Crippen LogP contribution in [0.4, 0.5) is 5.69 Å². The Morgan fingerprint density at radius 2 is 2.00 bits per heavy atom. The minimum absolute atomic E-state index is 0.302. The van der Waals surface area contributed by atoms with Crippen LogP contribution in [0.2, 0.25) is 0 Å². The maximum atomic E-state index is 11.6. The normalized spacial score (nSPS) is 18.2. The number of carboxylic acids is 1. The van der Waals surface area contributed by atoms with E-state index in [1.54, 1.807) is 0 Å². The number of carboxylic acid groups (broad SMARTS) is 1. The summed E-state index contributed by atoms with van der Waals surface area (Å²) in [7, 11) is 0. The molecule has 3 nitrogen and oxygen atoms in total. The third kappa shape index (κ3) is 2.33. The number of nitrogens with zero attached hydrogens (tertiary/aromatic N) is 1. The fourth-order valence-corrected chi connectivity index (χ4v) is 3.20. The van der Waals surface area contributed by atoms with Gasteiger partial charge in [0.2, 0.25) is 0 Å². The van der Waals surface area contributed by atoms with Crippen LogP contribution in [-0.4, -0.2) is 22.7 Å². The van der Waals surface area contributed by atoms with Crippen LogP contribution >= 0.6 is 0 Å². The van der Waals surface area contributed by atoms with Crippen LogP contribution in [0.5, 0.6) is 0 Å². The second-order valence-electron chi connectivity index (χ2n) is 6.13. The summed E-state index contributed by atoms with van der Waals surface area (Å²) >= 11 is 0. The highest BCUT2D eigenvalue weighted by atomic mass is 16.4. The van der Waals surface area contributed by atoms with Crippen molar-refractivity contribution in [2.24, 2.45) is 0 Å².